The molecule has 0 aromatic carbocycles. The molecular weight excluding hydrogens is 238 g/mol. The molecule has 0 saturated heterocycles. The van der Waals surface area contributed by atoms with E-state index in [2.05, 4.69) is 24.1 Å². The van der Waals surface area contributed by atoms with Gasteiger partial charge in [-0.15, -0.1) is 0 Å². The van der Waals surface area contributed by atoms with Crippen molar-refractivity contribution in [1.29, 1.82) is 0 Å². The molecule has 4 heteroatoms. The van der Waals surface area contributed by atoms with Crippen molar-refractivity contribution in [3.8, 4) is 11.4 Å². The lowest BCUT2D eigenvalue weighted by atomic mass is 9.74. The van der Waals surface area contributed by atoms with Crippen molar-refractivity contribution in [3.63, 3.8) is 0 Å². The van der Waals surface area contributed by atoms with E-state index >= 15 is 0 Å². The lowest BCUT2D eigenvalue weighted by molar-refractivity contribution is 0.260. The third-order valence-electron chi connectivity index (χ3n) is 3.81. The summed E-state index contributed by atoms with van der Waals surface area (Å²) in [6.45, 7) is 4.58. The van der Waals surface area contributed by atoms with Crippen molar-refractivity contribution in [2.75, 3.05) is 7.05 Å². The second-order valence-electron chi connectivity index (χ2n) is 5.99. The minimum atomic E-state index is 0.267. The number of hydrogen-bond acceptors (Lipinski definition) is 4. The lowest BCUT2D eigenvalue weighted by Gasteiger charge is -2.36. The van der Waals surface area contributed by atoms with Gasteiger partial charge in [-0.05, 0) is 31.4 Å². The Balaban J connectivity index is 2.04. The highest BCUT2D eigenvalue weighted by molar-refractivity contribution is 5.53. The Kier molecular flexibility index (Phi) is 2.90. The zero-order valence-electron chi connectivity index (χ0n) is 11.6. The van der Waals surface area contributed by atoms with Crippen LogP contribution >= 0.6 is 0 Å². The summed E-state index contributed by atoms with van der Waals surface area (Å²) >= 11 is 0. The molecule has 3 rings (SSSR count). The van der Waals surface area contributed by atoms with Crippen molar-refractivity contribution >= 4 is 0 Å². The van der Waals surface area contributed by atoms with Gasteiger partial charge in [0.1, 0.15) is 6.26 Å². The smallest absolute Gasteiger partial charge is 0.162 e. The first-order chi connectivity index (χ1) is 9.09. The summed E-state index contributed by atoms with van der Waals surface area (Å²) in [6, 6.07) is 2.24. The largest absolute Gasteiger partial charge is 0.472 e. The third kappa shape index (κ3) is 2.28. The Hall–Kier alpha value is -1.68. The summed E-state index contributed by atoms with van der Waals surface area (Å²) in [5, 5.41) is 3.37. The van der Waals surface area contributed by atoms with Gasteiger partial charge >= 0.3 is 0 Å². The molecule has 100 valence electrons. The minimum absolute atomic E-state index is 0.267. The number of hydrogen-bond donors (Lipinski definition) is 1. The van der Waals surface area contributed by atoms with Crippen LogP contribution in [-0.2, 0) is 6.42 Å². The van der Waals surface area contributed by atoms with Gasteiger partial charge in [0, 0.05) is 23.5 Å². The maximum Gasteiger partial charge on any atom is 0.162 e. The zero-order chi connectivity index (χ0) is 13.5. The predicted octanol–water partition coefficient (Wildman–Crippen LogP) is 2.97. The number of fused-ring (bicyclic) bond motifs is 1. The molecule has 0 spiro atoms. The number of furan rings is 1. The van der Waals surface area contributed by atoms with E-state index < -0.39 is 0 Å². The number of aromatic nitrogens is 2. The standard InChI is InChI=1S/C15H19N3O/c1-15(2)6-12(16-3)11-8-17-14(18-13(11)7-15)10-4-5-19-9-10/h4-5,8-9,12,16H,6-7H2,1-3H3. The van der Waals surface area contributed by atoms with Crippen LogP contribution in [0.25, 0.3) is 11.4 Å². The molecule has 2 aromatic rings. The van der Waals surface area contributed by atoms with E-state index in [1.165, 1.54) is 5.56 Å². The number of nitrogens with zero attached hydrogens (tertiary/aromatic N) is 2. The van der Waals surface area contributed by atoms with Crippen LogP contribution < -0.4 is 5.32 Å². The number of rotatable bonds is 2. The second-order valence-corrected chi connectivity index (χ2v) is 5.99. The van der Waals surface area contributed by atoms with Crippen LogP contribution in [0.1, 0.15) is 37.6 Å². The van der Waals surface area contributed by atoms with Gasteiger partial charge in [-0.25, -0.2) is 9.97 Å². The Bertz CT molecular complexity index is 575. The molecule has 0 amide bonds. The lowest BCUT2D eigenvalue weighted by Crippen LogP contribution is -2.32. The fourth-order valence-corrected chi connectivity index (χ4v) is 2.84. The molecule has 1 N–H and O–H groups in total. The molecule has 2 heterocycles. The Labute approximate surface area is 113 Å². The summed E-state index contributed by atoms with van der Waals surface area (Å²) in [7, 11) is 2.00. The molecule has 4 nitrogen and oxygen atoms in total. The summed E-state index contributed by atoms with van der Waals surface area (Å²) < 4.78 is 5.10. The molecule has 1 unspecified atom stereocenters. The van der Waals surface area contributed by atoms with Gasteiger partial charge in [0.2, 0.25) is 0 Å². The summed E-state index contributed by atoms with van der Waals surface area (Å²) in [5.74, 6) is 0.750. The molecule has 1 aliphatic rings. The quantitative estimate of drug-likeness (QED) is 0.898. The third-order valence-corrected chi connectivity index (χ3v) is 3.81. The summed E-state index contributed by atoms with van der Waals surface area (Å²) in [6.07, 6.45) is 7.41. The van der Waals surface area contributed by atoms with Gasteiger partial charge in [-0.2, -0.15) is 0 Å². The predicted molar refractivity (Wildman–Crippen MR) is 73.6 cm³/mol. The molecule has 2 aromatic heterocycles. The second kappa shape index (κ2) is 4.46. The van der Waals surface area contributed by atoms with Gasteiger partial charge < -0.3 is 9.73 Å². The molecule has 0 aliphatic heterocycles. The van der Waals surface area contributed by atoms with Gasteiger partial charge in [0.05, 0.1) is 11.8 Å². The SMILES string of the molecule is CNC1CC(C)(C)Cc2nc(-c3ccoc3)ncc21. The Morgan fingerprint density at radius 1 is 1.42 bits per heavy atom. The van der Waals surface area contributed by atoms with E-state index in [-0.39, 0.29) is 5.41 Å². The van der Waals surface area contributed by atoms with Gasteiger partial charge in [0.15, 0.2) is 5.82 Å². The molecule has 0 fully saturated rings. The van der Waals surface area contributed by atoms with Crippen molar-refractivity contribution < 1.29 is 4.42 Å². The van der Waals surface area contributed by atoms with Crippen LogP contribution in [0.4, 0.5) is 0 Å². The van der Waals surface area contributed by atoms with E-state index in [0.717, 1.165) is 29.9 Å². The first kappa shape index (κ1) is 12.4. The number of nitrogens with one attached hydrogen (secondary N) is 1. The van der Waals surface area contributed by atoms with Gasteiger partial charge in [-0.3, -0.25) is 0 Å². The van der Waals surface area contributed by atoms with Crippen molar-refractivity contribution in [3.05, 3.63) is 36.0 Å². The minimum Gasteiger partial charge on any atom is -0.472 e. The normalized spacial score (nSPS) is 21.1. The van der Waals surface area contributed by atoms with E-state index in [4.69, 9.17) is 9.40 Å². The first-order valence-corrected chi connectivity index (χ1v) is 6.65. The summed E-state index contributed by atoms with van der Waals surface area (Å²) in [4.78, 5) is 9.21. The van der Waals surface area contributed by atoms with E-state index in [1.54, 1.807) is 12.5 Å². The molecule has 19 heavy (non-hydrogen) atoms. The average molecular weight is 257 g/mol. The van der Waals surface area contributed by atoms with Crippen LogP contribution in [0.2, 0.25) is 0 Å². The van der Waals surface area contributed by atoms with Crippen LogP contribution in [0.3, 0.4) is 0 Å². The monoisotopic (exact) mass is 257 g/mol. The van der Waals surface area contributed by atoms with Crippen LogP contribution in [0.5, 0.6) is 0 Å². The average Bonchev–Trinajstić information content (AvgIpc) is 2.89. The van der Waals surface area contributed by atoms with E-state index in [0.29, 0.717) is 6.04 Å². The summed E-state index contributed by atoms with van der Waals surface area (Å²) in [5.41, 5.74) is 3.59. The molecular formula is C15H19N3O. The fraction of sp³-hybridized carbons (Fsp3) is 0.467. The Morgan fingerprint density at radius 2 is 2.26 bits per heavy atom. The maximum atomic E-state index is 5.10. The molecule has 1 atom stereocenters. The molecule has 0 radical (unpaired) electrons. The molecule has 0 bridgehead atoms. The maximum absolute atomic E-state index is 5.10. The fourth-order valence-electron chi connectivity index (χ4n) is 2.84. The highest BCUT2D eigenvalue weighted by atomic mass is 16.3. The highest BCUT2D eigenvalue weighted by Crippen LogP contribution is 2.39. The van der Waals surface area contributed by atoms with Crippen LogP contribution in [-0.4, -0.2) is 17.0 Å². The van der Waals surface area contributed by atoms with Gasteiger partial charge in [-0.1, -0.05) is 13.8 Å². The molecule has 1 aliphatic carbocycles. The topological polar surface area (TPSA) is 51.0 Å². The van der Waals surface area contributed by atoms with Crippen molar-refractivity contribution in [1.82, 2.24) is 15.3 Å². The highest BCUT2D eigenvalue weighted by Gasteiger charge is 2.32. The van der Waals surface area contributed by atoms with Crippen LogP contribution in [0.15, 0.2) is 29.2 Å². The van der Waals surface area contributed by atoms with Crippen molar-refractivity contribution in [2.24, 2.45) is 5.41 Å². The van der Waals surface area contributed by atoms with Gasteiger partial charge in [0.25, 0.3) is 0 Å². The first-order valence-electron chi connectivity index (χ1n) is 6.65. The van der Waals surface area contributed by atoms with Crippen molar-refractivity contribution in [2.45, 2.75) is 32.7 Å². The van der Waals surface area contributed by atoms with Crippen LogP contribution in [0, 0.1) is 5.41 Å². The Morgan fingerprint density at radius 3 is 2.95 bits per heavy atom. The zero-order valence-corrected chi connectivity index (χ0v) is 11.6. The van der Waals surface area contributed by atoms with E-state index in [9.17, 15) is 0 Å². The van der Waals surface area contributed by atoms with E-state index in [1.807, 2.05) is 19.3 Å². The molecule has 0 saturated carbocycles.